The predicted octanol–water partition coefficient (Wildman–Crippen LogP) is 2.01. The fourth-order valence-corrected chi connectivity index (χ4v) is 3.47. The number of Topliss-reactive ketones (excluding diaryl/α,β-unsaturated/α-hetero) is 1. The van der Waals surface area contributed by atoms with Crippen LogP contribution >= 0.6 is 11.8 Å². The Morgan fingerprint density at radius 2 is 1.93 bits per heavy atom. The van der Waals surface area contributed by atoms with E-state index in [9.17, 15) is 13.2 Å². The summed E-state index contributed by atoms with van der Waals surface area (Å²) in [6.07, 6.45) is 2.91. The maximum Gasteiger partial charge on any atom is 0.176 e. The third kappa shape index (κ3) is 2.60. The minimum absolute atomic E-state index is 0.121. The molecule has 5 heteroatoms. The van der Waals surface area contributed by atoms with Gasteiger partial charge >= 0.3 is 0 Å². The Hall–Kier alpha value is -0.810. The maximum atomic E-state index is 11.5. The van der Waals surface area contributed by atoms with Crippen LogP contribution in [0.15, 0.2) is 28.0 Å². The summed E-state index contributed by atoms with van der Waals surface area (Å²) < 4.78 is 22.9. The van der Waals surface area contributed by atoms with Crippen molar-refractivity contribution in [2.75, 3.05) is 12.5 Å². The number of carbonyl (C=O) groups is 1. The fourth-order valence-electron chi connectivity index (χ4n) is 1.30. The molecule has 0 saturated heterocycles. The Morgan fingerprint density at radius 1 is 1.33 bits per heavy atom. The van der Waals surface area contributed by atoms with Gasteiger partial charge in [0.2, 0.25) is 0 Å². The number of ketones is 1. The monoisotopic (exact) mass is 244 g/mol. The lowest BCUT2D eigenvalue weighted by molar-refractivity contribution is 0.101. The molecule has 0 amide bonds. The summed E-state index contributed by atoms with van der Waals surface area (Å²) in [6, 6.07) is 4.75. The SMILES string of the molecule is CSc1c(C(C)=O)cccc1S(C)(=O)=O. The van der Waals surface area contributed by atoms with E-state index in [1.807, 2.05) is 0 Å². The first kappa shape index (κ1) is 12.3. The van der Waals surface area contributed by atoms with Crippen LogP contribution in [0.25, 0.3) is 0 Å². The van der Waals surface area contributed by atoms with Crippen LogP contribution in [0.3, 0.4) is 0 Å². The third-order valence-corrected chi connectivity index (χ3v) is 4.08. The summed E-state index contributed by atoms with van der Waals surface area (Å²) in [6.45, 7) is 1.43. The molecule has 0 fully saturated rings. The molecule has 0 aliphatic rings. The van der Waals surface area contributed by atoms with Crippen molar-refractivity contribution in [1.82, 2.24) is 0 Å². The van der Waals surface area contributed by atoms with Gasteiger partial charge < -0.3 is 0 Å². The normalized spacial score (nSPS) is 11.4. The standard InChI is InChI=1S/C10H12O3S2/c1-7(11)8-5-4-6-9(10(8)14-2)15(3,12)13/h4-6H,1-3H3. The number of sulfone groups is 1. The van der Waals surface area contributed by atoms with Crippen LogP contribution in [0.2, 0.25) is 0 Å². The fraction of sp³-hybridized carbons (Fsp3) is 0.300. The predicted molar refractivity (Wildman–Crippen MR) is 61.3 cm³/mol. The van der Waals surface area contributed by atoms with E-state index < -0.39 is 9.84 Å². The van der Waals surface area contributed by atoms with Gasteiger partial charge in [-0.05, 0) is 19.2 Å². The molecule has 0 radical (unpaired) electrons. The molecule has 0 atom stereocenters. The van der Waals surface area contributed by atoms with Crippen LogP contribution in [0.5, 0.6) is 0 Å². The van der Waals surface area contributed by atoms with E-state index in [4.69, 9.17) is 0 Å². The van der Waals surface area contributed by atoms with E-state index in [2.05, 4.69) is 0 Å². The summed E-state index contributed by atoms with van der Waals surface area (Å²) >= 11 is 1.28. The summed E-state index contributed by atoms with van der Waals surface area (Å²) in [7, 11) is -3.27. The molecule has 1 aromatic carbocycles. The van der Waals surface area contributed by atoms with Gasteiger partial charge in [-0.25, -0.2) is 8.42 Å². The topological polar surface area (TPSA) is 51.2 Å². The van der Waals surface area contributed by atoms with Gasteiger partial charge in [-0.3, -0.25) is 4.79 Å². The smallest absolute Gasteiger partial charge is 0.176 e. The zero-order chi connectivity index (χ0) is 11.6. The van der Waals surface area contributed by atoms with Gasteiger partial charge in [0.15, 0.2) is 15.6 Å². The number of hydrogen-bond donors (Lipinski definition) is 0. The lowest BCUT2D eigenvalue weighted by Crippen LogP contribution is -2.04. The van der Waals surface area contributed by atoms with Crippen molar-refractivity contribution in [2.24, 2.45) is 0 Å². The third-order valence-electron chi connectivity index (χ3n) is 1.96. The number of rotatable bonds is 3. The molecule has 82 valence electrons. The number of hydrogen-bond acceptors (Lipinski definition) is 4. The number of carbonyl (C=O) groups excluding carboxylic acids is 1. The molecule has 15 heavy (non-hydrogen) atoms. The van der Waals surface area contributed by atoms with E-state index in [0.717, 1.165) is 6.26 Å². The average molecular weight is 244 g/mol. The molecule has 0 aliphatic carbocycles. The molecule has 3 nitrogen and oxygen atoms in total. The van der Waals surface area contributed by atoms with Crippen molar-refractivity contribution < 1.29 is 13.2 Å². The van der Waals surface area contributed by atoms with Crippen molar-refractivity contribution in [3.05, 3.63) is 23.8 Å². The average Bonchev–Trinajstić information content (AvgIpc) is 2.15. The highest BCUT2D eigenvalue weighted by Gasteiger charge is 2.17. The Bertz CT molecular complexity index is 489. The minimum atomic E-state index is -3.27. The van der Waals surface area contributed by atoms with Gasteiger partial charge in [-0.1, -0.05) is 12.1 Å². The van der Waals surface area contributed by atoms with Crippen LogP contribution in [0.1, 0.15) is 17.3 Å². The van der Waals surface area contributed by atoms with Crippen LogP contribution in [0, 0.1) is 0 Å². The van der Waals surface area contributed by atoms with Gasteiger partial charge in [0.05, 0.1) is 4.90 Å². The minimum Gasteiger partial charge on any atom is -0.294 e. The van der Waals surface area contributed by atoms with Gasteiger partial charge in [0.1, 0.15) is 0 Å². The molecule has 1 rings (SSSR count). The zero-order valence-corrected chi connectivity index (χ0v) is 10.4. The number of thioether (sulfide) groups is 1. The summed E-state index contributed by atoms with van der Waals surface area (Å²) in [4.78, 5) is 12.1. The Balaban J connectivity index is 3.56. The van der Waals surface area contributed by atoms with E-state index >= 15 is 0 Å². The van der Waals surface area contributed by atoms with E-state index in [1.54, 1.807) is 18.4 Å². The molecule has 1 aromatic rings. The van der Waals surface area contributed by atoms with Crippen molar-refractivity contribution in [2.45, 2.75) is 16.7 Å². The summed E-state index contributed by atoms with van der Waals surface area (Å²) in [5.41, 5.74) is 0.463. The van der Waals surface area contributed by atoms with Crippen LogP contribution in [-0.4, -0.2) is 26.7 Å². The highest BCUT2D eigenvalue weighted by Crippen LogP contribution is 2.28. The van der Waals surface area contributed by atoms with Gasteiger partial charge in [0.25, 0.3) is 0 Å². The zero-order valence-electron chi connectivity index (χ0n) is 8.77. The number of benzene rings is 1. The van der Waals surface area contributed by atoms with E-state index in [-0.39, 0.29) is 10.7 Å². The van der Waals surface area contributed by atoms with E-state index in [0.29, 0.717) is 10.5 Å². The van der Waals surface area contributed by atoms with Crippen LogP contribution in [-0.2, 0) is 9.84 Å². The molecule has 0 spiro atoms. The molecule has 0 saturated carbocycles. The molecule has 0 heterocycles. The first-order valence-electron chi connectivity index (χ1n) is 4.26. The van der Waals surface area contributed by atoms with Crippen molar-refractivity contribution >= 4 is 27.4 Å². The lowest BCUT2D eigenvalue weighted by Gasteiger charge is -2.08. The van der Waals surface area contributed by atoms with Crippen molar-refractivity contribution in [1.29, 1.82) is 0 Å². The molecule has 0 aromatic heterocycles. The molecule has 0 unspecified atom stereocenters. The van der Waals surface area contributed by atoms with Gasteiger partial charge in [0, 0.05) is 16.7 Å². The second-order valence-electron chi connectivity index (χ2n) is 3.17. The lowest BCUT2D eigenvalue weighted by atomic mass is 10.1. The van der Waals surface area contributed by atoms with Gasteiger partial charge in [-0.15, -0.1) is 11.8 Å². The maximum absolute atomic E-state index is 11.5. The molecular formula is C10H12O3S2. The molecule has 0 bridgehead atoms. The summed E-state index contributed by atoms with van der Waals surface area (Å²) in [5.74, 6) is -0.121. The van der Waals surface area contributed by atoms with Gasteiger partial charge in [-0.2, -0.15) is 0 Å². The van der Waals surface area contributed by atoms with Crippen LogP contribution < -0.4 is 0 Å². The molecular weight excluding hydrogens is 232 g/mol. The Kier molecular flexibility index (Phi) is 3.57. The van der Waals surface area contributed by atoms with E-state index in [1.165, 1.54) is 24.8 Å². The van der Waals surface area contributed by atoms with Crippen molar-refractivity contribution in [3.63, 3.8) is 0 Å². The molecule has 0 aliphatic heterocycles. The second-order valence-corrected chi connectivity index (χ2v) is 5.97. The Morgan fingerprint density at radius 3 is 2.33 bits per heavy atom. The quantitative estimate of drug-likeness (QED) is 0.603. The van der Waals surface area contributed by atoms with Crippen LogP contribution in [0.4, 0.5) is 0 Å². The first-order chi connectivity index (χ1) is 6.88. The summed E-state index contributed by atoms with van der Waals surface area (Å²) in [5, 5.41) is 0. The first-order valence-corrected chi connectivity index (χ1v) is 7.37. The Labute approximate surface area is 93.8 Å². The second kappa shape index (κ2) is 4.37. The molecule has 0 N–H and O–H groups in total. The highest BCUT2D eigenvalue weighted by atomic mass is 32.2. The highest BCUT2D eigenvalue weighted by molar-refractivity contribution is 7.99. The largest absolute Gasteiger partial charge is 0.294 e. The van der Waals surface area contributed by atoms with Crippen molar-refractivity contribution in [3.8, 4) is 0 Å².